The highest BCUT2D eigenvalue weighted by molar-refractivity contribution is 7.14. The predicted octanol–water partition coefficient (Wildman–Crippen LogP) is 8.73. The van der Waals surface area contributed by atoms with Crippen LogP contribution in [-0.2, 0) is 6.61 Å². The number of halogens is 3. The Morgan fingerprint density at radius 1 is 1.00 bits per heavy atom. The molecule has 0 aliphatic rings. The van der Waals surface area contributed by atoms with Gasteiger partial charge in [0.05, 0.1) is 33.6 Å². The number of nitrogens with zero attached hydrogens (tertiary/aromatic N) is 3. The number of thiazole rings is 1. The number of hydrogen-bond donors (Lipinski definition) is 2. The van der Waals surface area contributed by atoms with Crippen molar-refractivity contribution in [1.82, 2.24) is 10.4 Å². The number of rotatable bonds is 9. The van der Waals surface area contributed by atoms with Crippen LogP contribution in [0.2, 0.25) is 15.1 Å². The fourth-order valence-electron chi connectivity index (χ4n) is 3.84. The summed E-state index contributed by atoms with van der Waals surface area (Å²) >= 11 is 20.2. The van der Waals surface area contributed by atoms with E-state index in [-0.39, 0.29) is 22.6 Å². The van der Waals surface area contributed by atoms with Gasteiger partial charge in [0.2, 0.25) is 0 Å². The lowest BCUT2D eigenvalue weighted by Crippen LogP contribution is -2.17. The Kier molecular flexibility index (Phi) is 9.37. The summed E-state index contributed by atoms with van der Waals surface area (Å²) in [5.74, 6) is -0.0881. The fraction of sp³-hybridized carbons (Fsp3) is 0.0323. The minimum atomic E-state index is -0.380. The first-order valence-corrected chi connectivity index (χ1v) is 14.4. The van der Waals surface area contributed by atoms with Crippen LogP contribution in [0.1, 0.15) is 27.0 Å². The van der Waals surface area contributed by atoms with Gasteiger partial charge in [-0.3, -0.25) is 4.79 Å². The highest BCUT2D eigenvalue weighted by atomic mass is 35.5. The molecule has 0 saturated heterocycles. The summed E-state index contributed by atoms with van der Waals surface area (Å²) in [6, 6.07) is 26.9. The average molecular weight is 633 g/mol. The second kappa shape index (κ2) is 13.5. The van der Waals surface area contributed by atoms with Gasteiger partial charge in [-0.05, 0) is 60.2 Å². The molecule has 0 unspecified atom stereocenters. The maximum atomic E-state index is 12.6. The third kappa shape index (κ3) is 7.27. The summed E-state index contributed by atoms with van der Waals surface area (Å²) in [6.45, 7) is 0.134. The smallest absolute Gasteiger partial charge is 0.271 e. The van der Waals surface area contributed by atoms with Gasteiger partial charge in [0, 0.05) is 32.8 Å². The van der Waals surface area contributed by atoms with E-state index in [9.17, 15) is 10.1 Å². The van der Waals surface area contributed by atoms with E-state index in [0.29, 0.717) is 27.5 Å². The largest absolute Gasteiger partial charge is 0.486 e. The number of hydrazone groups is 1. The quantitative estimate of drug-likeness (QED) is 0.125. The molecule has 11 heteroatoms. The van der Waals surface area contributed by atoms with Gasteiger partial charge in [-0.15, -0.1) is 11.3 Å². The monoisotopic (exact) mass is 631 g/mol. The van der Waals surface area contributed by atoms with Crippen molar-refractivity contribution in [2.24, 2.45) is 5.10 Å². The van der Waals surface area contributed by atoms with Gasteiger partial charge >= 0.3 is 0 Å². The van der Waals surface area contributed by atoms with E-state index in [2.05, 4.69) is 26.9 Å². The molecule has 0 aliphatic heterocycles. The summed E-state index contributed by atoms with van der Waals surface area (Å²) in [7, 11) is 0. The zero-order chi connectivity index (χ0) is 29.5. The van der Waals surface area contributed by atoms with E-state index in [0.717, 1.165) is 27.6 Å². The van der Waals surface area contributed by atoms with Crippen LogP contribution < -0.4 is 15.5 Å². The second-order valence-corrected chi connectivity index (χ2v) is 10.9. The zero-order valence-corrected chi connectivity index (χ0v) is 24.7. The van der Waals surface area contributed by atoms with Gasteiger partial charge in [0.15, 0.2) is 10.9 Å². The summed E-state index contributed by atoms with van der Waals surface area (Å²) in [4.78, 5) is 17.2. The molecule has 1 aromatic heterocycles. The number of ether oxygens (including phenoxy) is 1. The predicted molar refractivity (Wildman–Crippen MR) is 169 cm³/mol. The van der Waals surface area contributed by atoms with Gasteiger partial charge in [-0.25, -0.2) is 10.4 Å². The Morgan fingerprint density at radius 3 is 2.43 bits per heavy atom. The number of nitrogens with one attached hydrogen (secondary N) is 2. The first-order chi connectivity index (χ1) is 20.4. The van der Waals surface area contributed by atoms with Crippen molar-refractivity contribution in [2.45, 2.75) is 6.61 Å². The number of aromatic nitrogens is 1. The van der Waals surface area contributed by atoms with Gasteiger partial charge in [0.1, 0.15) is 6.61 Å². The molecule has 4 aromatic carbocycles. The van der Waals surface area contributed by atoms with Gasteiger partial charge in [-0.1, -0.05) is 65.1 Å². The van der Waals surface area contributed by atoms with Gasteiger partial charge in [0.25, 0.3) is 5.91 Å². The van der Waals surface area contributed by atoms with Gasteiger partial charge < -0.3 is 10.1 Å². The fourth-order valence-corrected chi connectivity index (χ4v) is 5.32. The van der Waals surface area contributed by atoms with Gasteiger partial charge in [-0.2, -0.15) is 10.4 Å². The average Bonchev–Trinajstić information content (AvgIpc) is 3.46. The summed E-state index contributed by atoms with van der Waals surface area (Å²) in [5, 5.41) is 20.4. The van der Waals surface area contributed by atoms with E-state index in [1.54, 1.807) is 42.5 Å². The maximum Gasteiger partial charge on any atom is 0.271 e. The Hall–Kier alpha value is -4.39. The molecule has 5 aromatic rings. The van der Waals surface area contributed by atoms with Crippen LogP contribution in [0.3, 0.4) is 0 Å². The maximum absolute atomic E-state index is 12.6. The molecule has 0 radical (unpaired) electrons. The molecule has 0 atom stereocenters. The van der Waals surface area contributed by atoms with Crippen LogP contribution in [-0.4, -0.2) is 17.1 Å². The standard InChI is InChI=1S/C31H20Cl3N5O2S/c32-24-9-11-25(12-10-24)37-31-38-28(18-42-31)20-5-7-21(8-6-20)30(40)39-36-16-19-13-26(33)29(27(34)14-19)41-17-23-4-2-1-3-22(23)15-35/h1-14,16,18H,17H2,(H,37,38)(H,39,40)/b36-16-. The van der Waals surface area contributed by atoms with E-state index in [1.807, 2.05) is 47.8 Å². The molecule has 0 fully saturated rings. The molecular formula is C31H20Cl3N5O2S. The molecule has 2 N–H and O–H groups in total. The molecule has 1 heterocycles. The van der Waals surface area contributed by atoms with E-state index in [1.165, 1.54) is 17.6 Å². The topological polar surface area (TPSA) is 99.4 Å². The number of benzene rings is 4. The van der Waals surface area contributed by atoms with Crippen molar-refractivity contribution >= 4 is 69.1 Å². The Bertz CT molecular complexity index is 1780. The second-order valence-electron chi connectivity index (χ2n) is 8.82. The lowest BCUT2D eigenvalue weighted by Gasteiger charge is -2.11. The molecular weight excluding hydrogens is 613 g/mol. The van der Waals surface area contributed by atoms with Crippen LogP contribution in [0.15, 0.2) is 95.4 Å². The molecule has 42 heavy (non-hydrogen) atoms. The summed E-state index contributed by atoms with van der Waals surface area (Å²) < 4.78 is 5.78. The minimum absolute atomic E-state index is 0.134. The van der Waals surface area contributed by atoms with Crippen LogP contribution in [0.25, 0.3) is 11.3 Å². The van der Waals surface area contributed by atoms with E-state index >= 15 is 0 Å². The molecule has 7 nitrogen and oxygen atoms in total. The highest BCUT2D eigenvalue weighted by Gasteiger charge is 2.12. The first-order valence-electron chi connectivity index (χ1n) is 12.4. The Morgan fingerprint density at radius 2 is 1.71 bits per heavy atom. The zero-order valence-electron chi connectivity index (χ0n) is 21.6. The number of amides is 1. The third-order valence-corrected chi connectivity index (χ3v) is 7.52. The highest BCUT2D eigenvalue weighted by Crippen LogP contribution is 2.34. The number of anilines is 2. The SMILES string of the molecule is N#Cc1ccccc1COc1c(Cl)cc(/C=N\NC(=O)c2ccc(-c3csc(Nc4ccc(Cl)cc4)n3)cc2)cc1Cl. The normalized spacial score (nSPS) is 10.8. The number of hydrogen-bond acceptors (Lipinski definition) is 7. The van der Waals surface area contributed by atoms with Crippen molar-refractivity contribution < 1.29 is 9.53 Å². The summed E-state index contributed by atoms with van der Waals surface area (Å²) in [6.07, 6.45) is 1.43. The van der Waals surface area contributed by atoms with Crippen LogP contribution in [0, 0.1) is 11.3 Å². The number of carbonyl (C=O) groups excluding carboxylic acids is 1. The van der Waals surface area contributed by atoms with Crippen molar-refractivity contribution in [2.75, 3.05) is 5.32 Å². The molecule has 0 saturated carbocycles. The van der Waals surface area contributed by atoms with Crippen molar-refractivity contribution in [1.29, 1.82) is 5.26 Å². The van der Waals surface area contributed by atoms with Crippen molar-refractivity contribution in [3.8, 4) is 23.1 Å². The first kappa shape index (κ1) is 29.1. The Labute approximate surface area is 261 Å². The number of nitriles is 1. The summed E-state index contributed by atoms with van der Waals surface area (Å²) in [5.41, 5.74) is 7.29. The van der Waals surface area contributed by atoms with Crippen LogP contribution in [0.4, 0.5) is 10.8 Å². The lowest BCUT2D eigenvalue weighted by atomic mass is 10.1. The molecule has 0 bridgehead atoms. The number of carbonyl (C=O) groups is 1. The lowest BCUT2D eigenvalue weighted by molar-refractivity contribution is 0.0955. The van der Waals surface area contributed by atoms with Crippen LogP contribution >= 0.6 is 46.1 Å². The molecule has 5 rings (SSSR count). The van der Waals surface area contributed by atoms with Crippen molar-refractivity contribution in [3.63, 3.8) is 0 Å². The minimum Gasteiger partial charge on any atom is -0.486 e. The van der Waals surface area contributed by atoms with Crippen molar-refractivity contribution in [3.05, 3.63) is 128 Å². The molecule has 1 amide bonds. The molecule has 0 spiro atoms. The molecule has 208 valence electrons. The van der Waals surface area contributed by atoms with Crippen LogP contribution in [0.5, 0.6) is 5.75 Å². The third-order valence-electron chi connectivity index (χ3n) is 5.95. The Balaban J connectivity index is 1.17. The van der Waals surface area contributed by atoms with E-state index < -0.39 is 0 Å². The van der Waals surface area contributed by atoms with E-state index in [4.69, 9.17) is 39.5 Å². The molecule has 0 aliphatic carbocycles.